The Morgan fingerprint density at radius 2 is 2.06 bits per heavy atom. The molecule has 1 aromatic carbocycles. The Morgan fingerprint density at radius 3 is 2.65 bits per heavy atom. The fourth-order valence-corrected chi connectivity index (χ4v) is 2.92. The van der Waals surface area contributed by atoms with Gasteiger partial charge in [0.05, 0.1) is 10.2 Å². The van der Waals surface area contributed by atoms with Gasteiger partial charge < -0.3 is 4.74 Å². The lowest BCUT2D eigenvalue weighted by Crippen LogP contribution is -1.95. The first-order valence-corrected chi connectivity index (χ1v) is 6.99. The molecular formula is C13H14BrNOS. The van der Waals surface area contributed by atoms with Gasteiger partial charge in [0.1, 0.15) is 17.4 Å². The van der Waals surface area contributed by atoms with Gasteiger partial charge in [-0.2, -0.15) is 0 Å². The fraction of sp³-hybridized carbons (Fsp3) is 0.308. The van der Waals surface area contributed by atoms with Crippen molar-refractivity contribution in [2.75, 3.05) is 0 Å². The van der Waals surface area contributed by atoms with E-state index in [1.54, 1.807) is 11.3 Å². The maximum Gasteiger partial charge on any atom is 0.140 e. The first kappa shape index (κ1) is 12.6. The predicted molar refractivity (Wildman–Crippen MR) is 74.8 cm³/mol. The smallest absolute Gasteiger partial charge is 0.140 e. The second kappa shape index (κ2) is 5.19. The Kier molecular flexibility index (Phi) is 3.84. The fourth-order valence-electron chi connectivity index (χ4n) is 1.46. The van der Waals surface area contributed by atoms with E-state index < -0.39 is 0 Å². The maximum atomic E-state index is 5.75. The minimum absolute atomic E-state index is 0.529. The molecule has 0 saturated heterocycles. The summed E-state index contributed by atoms with van der Waals surface area (Å²) < 4.78 is 6.74. The number of hydrogen-bond acceptors (Lipinski definition) is 3. The molecule has 0 amide bonds. The average molecular weight is 312 g/mol. The molecule has 0 N–H and O–H groups in total. The summed E-state index contributed by atoms with van der Waals surface area (Å²) in [6.07, 6.45) is 0. The van der Waals surface area contributed by atoms with Crippen molar-refractivity contribution in [3.63, 3.8) is 0 Å². The van der Waals surface area contributed by atoms with E-state index in [9.17, 15) is 0 Å². The number of aromatic nitrogens is 1. The Hall–Kier alpha value is -0.870. The lowest BCUT2D eigenvalue weighted by molar-refractivity contribution is 0.303. The van der Waals surface area contributed by atoms with Crippen molar-refractivity contribution < 1.29 is 4.74 Å². The van der Waals surface area contributed by atoms with Gasteiger partial charge in [-0.25, -0.2) is 4.98 Å². The van der Waals surface area contributed by atoms with Gasteiger partial charge >= 0.3 is 0 Å². The van der Waals surface area contributed by atoms with E-state index >= 15 is 0 Å². The number of halogens is 1. The summed E-state index contributed by atoms with van der Waals surface area (Å²) in [5, 5.41) is 1.02. The molecule has 1 aromatic heterocycles. The zero-order valence-corrected chi connectivity index (χ0v) is 12.5. The van der Waals surface area contributed by atoms with E-state index in [1.807, 2.05) is 25.1 Å². The first-order valence-electron chi connectivity index (χ1n) is 5.38. The van der Waals surface area contributed by atoms with Crippen LogP contribution in [0.1, 0.15) is 21.1 Å². The second-order valence-corrected chi connectivity index (χ2v) is 6.11. The van der Waals surface area contributed by atoms with E-state index in [-0.39, 0.29) is 0 Å². The molecule has 0 bridgehead atoms. The van der Waals surface area contributed by atoms with E-state index in [1.165, 1.54) is 10.4 Å². The number of ether oxygens (including phenoxy) is 1. The third-order valence-corrected chi connectivity index (χ3v) is 4.18. The van der Waals surface area contributed by atoms with Crippen molar-refractivity contribution in [3.05, 3.63) is 43.8 Å². The molecule has 0 aliphatic heterocycles. The predicted octanol–water partition coefficient (Wildman–Crippen LogP) is 4.41. The standard InChI is InChI=1S/C13H14BrNOS/c1-8-4-5-12(11(14)6-8)16-7-13-15-9(2)10(3)17-13/h4-6H,7H2,1-3H3. The van der Waals surface area contributed by atoms with Crippen LogP contribution in [0.25, 0.3) is 0 Å². The average Bonchev–Trinajstić information content (AvgIpc) is 2.57. The molecule has 0 unspecified atom stereocenters. The van der Waals surface area contributed by atoms with Crippen molar-refractivity contribution >= 4 is 27.3 Å². The summed E-state index contributed by atoms with van der Waals surface area (Å²) in [6.45, 7) is 6.69. The van der Waals surface area contributed by atoms with Crippen LogP contribution in [0.2, 0.25) is 0 Å². The Labute approximate surface area is 114 Å². The van der Waals surface area contributed by atoms with E-state index in [2.05, 4.69) is 34.8 Å². The van der Waals surface area contributed by atoms with E-state index in [0.717, 1.165) is 20.9 Å². The van der Waals surface area contributed by atoms with Crippen LogP contribution in [-0.2, 0) is 6.61 Å². The molecule has 0 aliphatic rings. The molecule has 0 radical (unpaired) electrons. The monoisotopic (exact) mass is 311 g/mol. The van der Waals surface area contributed by atoms with Crippen LogP contribution >= 0.6 is 27.3 Å². The molecule has 1 heterocycles. The highest BCUT2D eigenvalue weighted by atomic mass is 79.9. The van der Waals surface area contributed by atoms with Gasteiger partial charge in [0, 0.05) is 4.88 Å². The van der Waals surface area contributed by atoms with Crippen molar-refractivity contribution in [3.8, 4) is 5.75 Å². The van der Waals surface area contributed by atoms with Crippen molar-refractivity contribution in [1.29, 1.82) is 0 Å². The highest BCUT2D eigenvalue weighted by Crippen LogP contribution is 2.27. The van der Waals surface area contributed by atoms with Crippen LogP contribution in [-0.4, -0.2) is 4.98 Å². The largest absolute Gasteiger partial charge is 0.485 e. The van der Waals surface area contributed by atoms with Crippen LogP contribution in [0.5, 0.6) is 5.75 Å². The van der Waals surface area contributed by atoms with Crippen LogP contribution in [0.3, 0.4) is 0 Å². The summed E-state index contributed by atoms with van der Waals surface area (Å²) in [7, 11) is 0. The van der Waals surface area contributed by atoms with Crippen molar-refractivity contribution in [2.45, 2.75) is 27.4 Å². The highest BCUT2D eigenvalue weighted by molar-refractivity contribution is 9.10. The summed E-state index contributed by atoms with van der Waals surface area (Å²) in [6, 6.07) is 6.07. The van der Waals surface area contributed by atoms with Gasteiger partial charge in [-0.1, -0.05) is 6.07 Å². The van der Waals surface area contributed by atoms with Crippen LogP contribution in [0, 0.1) is 20.8 Å². The number of nitrogens with zero attached hydrogens (tertiary/aromatic N) is 1. The molecule has 90 valence electrons. The molecule has 2 rings (SSSR count). The molecule has 17 heavy (non-hydrogen) atoms. The van der Waals surface area contributed by atoms with Crippen molar-refractivity contribution in [2.24, 2.45) is 0 Å². The molecule has 0 atom stereocenters. The summed E-state index contributed by atoms with van der Waals surface area (Å²) in [5.41, 5.74) is 2.31. The van der Waals surface area contributed by atoms with E-state index in [0.29, 0.717) is 6.61 Å². The number of rotatable bonds is 3. The van der Waals surface area contributed by atoms with Crippen LogP contribution in [0.15, 0.2) is 22.7 Å². The quantitative estimate of drug-likeness (QED) is 0.837. The summed E-state index contributed by atoms with van der Waals surface area (Å²) in [4.78, 5) is 5.71. The normalized spacial score (nSPS) is 10.6. The van der Waals surface area contributed by atoms with Crippen LogP contribution in [0.4, 0.5) is 0 Å². The first-order chi connectivity index (χ1) is 8.06. The topological polar surface area (TPSA) is 22.1 Å². The molecule has 0 saturated carbocycles. The van der Waals surface area contributed by atoms with Gasteiger partial charge in [-0.15, -0.1) is 11.3 Å². The molecule has 4 heteroatoms. The number of aryl methyl sites for hydroxylation is 3. The second-order valence-electron chi connectivity index (χ2n) is 3.97. The molecule has 2 aromatic rings. The van der Waals surface area contributed by atoms with Gasteiger partial charge in [-0.05, 0) is 54.4 Å². The zero-order valence-electron chi connectivity index (χ0n) is 10.1. The van der Waals surface area contributed by atoms with Gasteiger partial charge in [0.15, 0.2) is 0 Å². The molecule has 0 aliphatic carbocycles. The Bertz CT molecular complexity index is 517. The molecule has 2 nitrogen and oxygen atoms in total. The SMILES string of the molecule is Cc1ccc(OCc2nc(C)c(C)s2)c(Br)c1. The third-order valence-electron chi connectivity index (χ3n) is 2.51. The summed E-state index contributed by atoms with van der Waals surface area (Å²) >= 11 is 5.19. The van der Waals surface area contributed by atoms with Gasteiger partial charge in [0.2, 0.25) is 0 Å². The van der Waals surface area contributed by atoms with Crippen molar-refractivity contribution in [1.82, 2.24) is 4.98 Å². The number of benzene rings is 1. The maximum absolute atomic E-state index is 5.75. The molecular weight excluding hydrogens is 298 g/mol. The minimum atomic E-state index is 0.529. The Balaban J connectivity index is 2.07. The Morgan fingerprint density at radius 1 is 1.29 bits per heavy atom. The summed E-state index contributed by atoms with van der Waals surface area (Å²) in [5.74, 6) is 0.862. The number of hydrogen-bond donors (Lipinski definition) is 0. The zero-order chi connectivity index (χ0) is 12.4. The van der Waals surface area contributed by atoms with E-state index in [4.69, 9.17) is 4.74 Å². The molecule has 0 fully saturated rings. The van der Waals surface area contributed by atoms with Gasteiger partial charge in [0.25, 0.3) is 0 Å². The van der Waals surface area contributed by atoms with Gasteiger partial charge in [-0.3, -0.25) is 0 Å². The minimum Gasteiger partial charge on any atom is -0.485 e. The van der Waals surface area contributed by atoms with Crippen LogP contribution < -0.4 is 4.74 Å². The molecule has 0 spiro atoms. The lowest BCUT2D eigenvalue weighted by Gasteiger charge is -2.06. The highest BCUT2D eigenvalue weighted by Gasteiger charge is 2.06. The third kappa shape index (κ3) is 3.07. The number of thiazole rings is 1. The lowest BCUT2D eigenvalue weighted by atomic mass is 10.2.